The molecule has 5 heteroatoms. The lowest BCUT2D eigenvalue weighted by Crippen LogP contribution is -2.44. The lowest BCUT2D eigenvalue weighted by Gasteiger charge is -2.18. The summed E-state index contributed by atoms with van der Waals surface area (Å²) in [6, 6.07) is 6.80. The van der Waals surface area contributed by atoms with Crippen LogP contribution in [0.5, 0.6) is 5.75 Å². The van der Waals surface area contributed by atoms with E-state index in [4.69, 9.17) is 9.47 Å². The van der Waals surface area contributed by atoms with Crippen LogP contribution in [0.15, 0.2) is 24.3 Å². The van der Waals surface area contributed by atoms with Gasteiger partial charge in [-0.05, 0) is 37.0 Å². The summed E-state index contributed by atoms with van der Waals surface area (Å²) in [5, 5.41) is 2.65. The number of rotatable bonds is 7. The molecule has 1 aromatic carbocycles. The van der Waals surface area contributed by atoms with Crippen molar-refractivity contribution >= 4 is 11.9 Å². The Hall–Kier alpha value is -2.04. The number of carbonyl (C=O) groups is 2. The van der Waals surface area contributed by atoms with Crippen molar-refractivity contribution in [3.63, 3.8) is 0 Å². The first-order chi connectivity index (χ1) is 9.92. The molecule has 0 bridgehead atoms. The molecule has 0 spiro atoms. The van der Waals surface area contributed by atoms with E-state index in [0.717, 1.165) is 5.56 Å². The van der Waals surface area contributed by atoms with E-state index >= 15 is 0 Å². The Morgan fingerprint density at radius 1 is 1.29 bits per heavy atom. The number of ether oxygens (including phenoxy) is 2. The SMILES string of the molecule is COC(=O)C(CC(C)C)NC(=O)COc1cccc(C)c1. The van der Waals surface area contributed by atoms with Gasteiger partial charge in [0, 0.05) is 0 Å². The van der Waals surface area contributed by atoms with Crippen molar-refractivity contribution in [1.29, 1.82) is 0 Å². The molecule has 21 heavy (non-hydrogen) atoms. The number of esters is 1. The Balaban J connectivity index is 2.51. The van der Waals surface area contributed by atoms with Gasteiger partial charge in [-0.3, -0.25) is 4.79 Å². The van der Waals surface area contributed by atoms with Gasteiger partial charge >= 0.3 is 5.97 Å². The van der Waals surface area contributed by atoms with E-state index < -0.39 is 12.0 Å². The topological polar surface area (TPSA) is 64.6 Å². The maximum atomic E-state index is 11.9. The number of nitrogens with one attached hydrogen (secondary N) is 1. The second-order valence-corrected chi connectivity index (χ2v) is 5.38. The van der Waals surface area contributed by atoms with Crippen LogP contribution in [0.25, 0.3) is 0 Å². The molecule has 1 rings (SSSR count). The minimum Gasteiger partial charge on any atom is -0.484 e. The van der Waals surface area contributed by atoms with Crippen molar-refractivity contribution in [1.82, 2.24) is 5.32 Å². The third kappa shape index (κ3) is 6.29. The highest BCUT2D eigenvalue weighted by Crippen LogP contribution is 2.12. The molecule has 0 fully saturated rings. The standard InChI is InChI=1S/C16H23NO4/c1-11(2)8-14(16(19)20-4)17-15(18)10-21-13-7-5-6-12(3)9-13/h5-7,9,11,14H,8,10H2,1-4H3,(H,17,18). The van der Waals surface area contributed by atoms with Crippen LogP contribution < -0.4 is 10.1 Å². The highest BCUT2D eigenvalue weighted by molar-refractivity contribution is 5.85. The summed E-state index contributed by atoms with van der Waals surface area (Å²) in [4.78, 5) is 23.5. The Bertz CT molecular complexity index is 485. The Kier molecular flexibility index (Phi) is 6.72. The van der Waals surface area contributed by atoms with E-state index in [0.29, 0.717) is 12.2 Å². The number of amides is 1. The summed E-state index contributed by atoms with van der Waals surface area (Å²) in [7, 11) is 1.31. The van der Waals surface area contributed by atoms with Gasteiger partial charge in [-0.25, -0.2) is 4.79 Å². The van der Waals surface area contributed by atoms with Crippen LogP contribution in [0.3, 0.4) is 0 Å². The van der Waals surface area contributed by atoms with Gasteiger partial charge < -0.3 is 14.8 Å². The first kappa shape index (κ1) is 17.0. The van der Waals surface area contributed by atoms with Crippen LogP contribution in [-0.2, 0) is 14.3 Å². The van der Waals surface area contributed by atoms with E-state index in [1.165, 1.54) is 7.11 Å². The first-order valence-electron chi connectivity index (χ1n) is 6.99. The normalized spacial score (nSPS) is 11.9. The zero-order valence-corrected chi connectivity index (χ0v) is 13.0. The highest BCUT2D eigenvalue weighted by Gasteiger charge is 2.22. The van der Waals surface area contributed by atoms with Gasteiger partial charge in [-0.1, -0.05) is 26.0 Å². The molecule has 116 valence electrons. The van der Waals surface area contributed by atoms with Crippen molar-refractivity contribution in [3.8, 4) is 5.75 Å². The number of hydrogen-bond acceptors (Lipinski definition) is 4. The minimum atomic E-state index is -0.636. The molecule has 1 amide bonds. The van der Waals surface area contributed by atoms with E-state index in [1.807, 2.05) is 39.0 Å². The molecule has 0 aliphatic rings. The smallest absolute Gasteiger partial charge is 0.328 e. The van der Waals surface area contributed by atoms with E-state index in [2.05, 4.69) is 5.32 Å². The Labute approximate surface area is 125 Å². The maximum Gasteiger partial charge on any atom is 0.328 e. The summed E-state index contributed by atoms with van der Waals surface area (Å²) < 4.78 is 10.1. The van der Waals surface area contributed by atoms with Crippen LogP contribution in [0.1, 0.15) is 25.8 Å². The summed E-state index contributed by atoms with van der Waals surface area (Å²) in [6.07, 6.45) is 0.531. The Morgan fingerprint density at radius 3 is 2.57 bits per heavy atom. The molecule has 0 heterocycles. The van der Waals surface area contributed by atoms with Crippen molar-refractivity contribution in [2.45, 2.75) is 33.2 Å². The monoisotopic (exact) mass is 293 g/mol. The minimum absolute atomic E-state index is 0.130. The van der Waals surface area contributed by atoms with E-state index in [9.17, 15) is 9.59 Å². The predicted molar refractivity (Wildman–Crippen MR) is 80.1 cm³/mol. The van der Waals surface area contributed by atoms with E-state index in [1.54, 1.807) is 6.07 Å². The molecule has 0 radical (unpaired) electrons. The molecule has 0 saturated carbocycles. The molecule has 0 aliphatic carbocycles. The second-order valence-electron chi connectivity index (χ2n) is 5.38. The fourth-order valence-corrected chi connectivity index (χ4v) is 1.92. The fourth-order valence-electron chi connectivity index (χ4n) is 1.92. The summed E-state index contributed by atoms with van der Waals surface area (Å²) in [6.45, 7) is 5.77. The number of benzene rings is 1. The molecule has 1 atom stereocenters. The third-order valence-corrected chi connectivity index (χ3v) is 2.89. The second kappa shape index (κ2) is 8.29. The number of carbonyl (C=O) groups excluding carboxylic acids is 2. The lowest BCUT2D eigenvalue weighted by molar-refractivity contribution is -0.145. The average molecular weight is 293 g/mol. The summed E-state index contributed by atoms with van der Waals surface area (Å²) >= 11 is 0. The average Bonchev–Trinajstić information content (AvgIpc) is 2.43. The van der Waals surface area contributed by atoms with Crippen LogP contribution in [0.4, 0.5) is 0 Å². The van der Waals surface area contributed by atoms with Gasteiger partial charge in [0.1, 0.15) is 11.8 Å². The van der Waals surface area contributed by atoms with Gasteiger partial charge in [0.25, 0.3) is 5.91 Å². The van der Waals surface area contributed by atoms with Crippen LogP contribution in [-0.4, -0.2) is 31.6 Å². The van der Waals surface area contributed by atoms with Gasteiger partial charge in [-0.15, -0.1) is 0 Å². The molecule has 5 nitrogen and oxygen atoms in total. The quantitative estimate of drug-likeness (QED) is 0.782. The highest BCUT2D eigenvalue weighted by atomic mass is 16.5. The van der Waals surface area contributed by atoms with Crippen molar-refractivity contribution in [2.24, 2.45) is 5.92 Å². The molecule has 0 aliphatic heterocycles. The van der Waals surface area contributed by atoms with Crippen molar-refractivity contribution in [2.75, 3.05) is 13.7 Å². The summed E-state index contributed by atoms with van der Waals surface area (Å²) in [5.41, 5.74) is 1.06. The van der Waals surface area contributed by atoms with Crippen LogP contribution >= 0.6 is 0 Å². The Morgan fingerprint density at radius 2 is 2.00 bits per heavy atom. The van der Waals surface area contributed by atoms with Crippen molar-refractivity contribution in [3.05, 3.63) is 29.8 Å². The summed E-state index contributed by atoms with van der Waals surface area (Å²) in [5.74, 6) is 0.121. The van der Waals surface area contributed by atoms with Crippen LogP contribution in [0.2, 0.25) is 0 Å². The zero-order valence-electron chi connectivity index (χ0n) is 13.0. The van der Waals surface area contributed by atoms with Crippen molar-refractivity contribution < 1.29 is 19.1 Å². The largest absolute Gasteiger partial charge is 0.484 e. The third-order valence-electron chi connectivity index (χ3n) is 2.89. The first-order valence-corrected chi connectivity index (χ1v) is 6.99. The number of hydrogen-bond donors (Lipinski definition) is 1. The zero-order chi connectivity index (χ0) is 15.8. The number of methoxy groups -OCH3 is 1. The van der Waals surface area contributed by atoms with Gasteiger partial charge in [0.2, 0.25) is 0 Å². The molecular weight excluding hydrogens is 270 g/mol. The molecule has 1 unspecified atom stereocenters. The maximum absolute atomic E-state index is 11.9. The predicted octanol–water partition coefficient (Wildman–Crippen LogP) is 2.08. The number of aryl methyl sites for hydroxylation is 1. The molecule has 1 aromatic rings. The van der Waals surface area contributed by atoms with Crippen LogP contribution in [0, 0.1) is 12.8 Å². The molecular formula is C16H23NO4. The molecule has 1 N–H and O–H groups in total. The van der Waals surface area contributed by atoms with Gasteiger partial charge in [-0.2, -0.15) is 0 Å². The molecule has 0 aromatic heterocycles. The van der Waals surface area contributed by atoms with Gasteiger partial charge in [0.15, 0.2) is 6.61 Å². The van der Waals surface area contributed by atoms with E-state index in [-0.39, 0.29) is 18.4 Å². The van der Waals surface area contributed by atoms with Gasteiger partial charge in [0.05, 0.1) is 7.11 Å². The lowest BCUT2D eigenvalue weighted by atomic mass is 10.0. The fraction of sp³-hybridized carbons (Fsp3) is 0.500. The molecule has 0 saturated heterocycles.